The third-order valence-electron chi connectivity index (χ3n) is 3.22. The molecule has 2 aromatic carbocycles. The molecular weight excluding hydrogens is 298 g/mol. The third-order valence-corrected chi connectivity index (χ3v) is 3.55. The van der Waals surface area contributed by atoms with Gasteiger partial charge in [-0.2, -0.15) is 0 Å². The van der Waals surface area contributed by atoms with Crippen molar-refractivity contribution in [2.75, 3.05) is 0 Å². The molecule has 0 aromatic heterocycles. The number of hydrogen-bond donors (Lipinski definition) is 1. The predicted molar refractivity (Wildman–Crippen MR) is 89.5 cm³/mol. The summed E-state index contributed by atoms with van der Waals surface area (Å²) in [5.41, 5.74) is 1.49. The molecule has 0 aliphatic heterocycles. The first-order chi connectivity index (χ1) is 10.5. The average molecular weight is 318 g/mol. The molecule has 116 valence electrons. The number of rotatable bonds is 5. The van der Waals surface area contributed by atoms with Crippen molar-refractivity contribution in [3.05, 3.63) is 64.7 Å². The van der Waals surface area contributed by atoms with E-state index in [2.05, 4.69) is 5.32 Å². The van der Waals surface area contributed by atoms with Gasteiger partial charge in [0.25, 0.3) is 5.91 Å². The fourth-order valence-corrected chi connectivity index (χ4v) is 2.33. The molecule has 1 N–H and O–H groups in total. The summed E-state index contributed by atoms with van der Waals surface area (Å²) in [6.07, 6.45) is 0.142. The lowest BCUT2D eigenvalue weighted by Gasteiger charge is -2.16. The molecule has 0 saturated heterocycles. The van der Waals surface area contributed by atoms with Gasteiger partial charge in [-0.1, -0.05) is 35.9 Å². The quantitative estimate of drug-likeness (QED) is 0.874. The van der Waals surface area contributed by atoms with E-state index >= 15 is 0 Å². The number of carbonyl (C=O) groups is 1. The smallest absolute Gasteiger partial charge is 0.253 e. The largest absolute Gasteiger partial charge is 0.491 e. The number of ether oxygens (including phenoxy) is 1. The molecule has 0 spiro atoms. The van der Waals surface area contributed by atoms with Crippen LogP contribution in [-0.4, -0.2) is 12.0 Å². The van der Waals surface area contributed by atoms with Gasteiger partial charge in [-0.25, -0.2) is 0 Å². The van der Waals surface area contributed by atoms with Gasteiger partial charge in [0.2, 0.25) is 0 Å². The van der Waals surface area contributed by atoms with Gasteiger partial charge in [-0.15, -0.1) is 0 Å². The van der Waals surface area contributed by atoms with E-state index in [1.165, 1.54) is 0 Å². The van der Waals surface area contributed by atoms with E-state index in [0.29, 0.717) is 10.6 Å². The van der Waals surface area contributed by atoms with Crippen molar-refractivity contribution in [1.82, 2.24) is 5.32 Å². The Morgan fingerprint density at radius 3 is 2.27 bits per heavy atom. The van der Waals surface area contributed by atoms with E-state index in [1.54, 1.807) is 24.3 Å². The van der Waals surface area contributed by atoms with Crippen LogP contribution in [0.4, 0.5) is 0 Å². The van der Waals surface area contributed by atoms with Gasteiger partial charge in [0, 0.05) is 0 Å². The molecule has 0 saturated carbocycles. The van der Waals surface area contributed by atoms with E-state index < -0.39 is 0 Å². The van der Waals surface area contributed by atoms with Crippen molar-refractivity contribution in [3.63, 3.8) is 0 Å². The molecule has 0 heterocycles. The zero-order valence-corrected chi connectivity index (χ0v) is 13.7. The highest BCUT2D eigenvalue weighted by molar-refractivity contribution is 6.33. The zero-order chi connectivity index (χ0) is 16.1. The minimum absolute atomic E-state index is 0.114. The second-order valence-corrected chi connectivity index (χ2v) is 5.82. The van der Waals surface area contributed by atoms with Crippen molar-refractivity contribution >= 4 is 17.5 Å². The minimum atomic E-state index is -0.180. The molecular formula is C18H20ClNO2. The highest BCUT2D eigenvalue weighted by Gasteiger charge is 2.13. The van der Waals surface area contributed by atoms with Crippen molar-refractivity contribution < 1.29 is 9.53 Å². The molecule has 2 aromatic rings. The van der Waals surface area contributed by atoms with Crippen LogP contribution < -0.4 is 10.1 Å². The van der Waals surface area contributed by atoms with E-state index in [1.807, 2.05) is 45.0 Å². The molecule has 0 radical (unpaired) electrons. The van der Waals surface area contributed by atoms with Crippen molar-refractivity contribution in [1.29, 1.82) is 0 Å². The number of benzene rings is 2. The zero-order valence-electron chi connectivity index (χ0n) is 13.0. The van der Waals surface area contributed by atoms with Gasteiger partial charge in [-0.05, 0) is 50.6 Å². The maximum atomic E-state index is 12.2. The third kappa shape index (κ3) is 4.25. The summed E-state index contributed by atoms with van der Waals surface area (Å²) >= 11 is 6.04. The molecule has 1 unspecified atom stereocenters. The van der Waals surface area contributed by atoms with Crippen LogP contribution in [-0.2, 0) is 0 Å². The number of nitrogens with one attached hydrogen (secondary N) is 1. The molecule has 1 amide bonds. The van der Waals surface area contributed by atoms with Crippen LogP contribution in [0.15, 0.2) is 48.5 Å². The van der Waals surface area contributed by atoms with Crippen molar-refractivity contribution in [2.24, 2.45) is 0 Å². The molecule has 1 atom stereocenters. The molecule has 2 rings (SSSR count). The van der Waals surface area contributed by atoms with Gasteiger partial charge in [0.1, 0.15) is 5.75 Å². The predicted octanol–water partition coefficient (Wildman–Crippen LogP) is 4.62. The molecule has 4 heteroatoms. The fraction of sp³-hybridized carbons (Fsp3) is 0.278. The normalized spacial score (nSPS) is 12.0. The number of amides is 1. The summed E-state index contributed by atoms with van der Waals surface area (Å²) < 4.78 is 5.61. The molecule has 0 bridgehead atoms. The summed E-state index contributed by atoms with van der Waals surface area (Å²) in [5.74, 6) is 0.643. The Kier molecular flexibility index (Phi) is 5.45. The average Bonchev–Trinajstić information content (AvgIpc) is 2.47. The van der Waals surface area contributed by atoms with E-state index in [9.17, 15) is 4.79 Å². The van der Waals surface area contributed by atoms with Gasteiger partial charge in [0.05, 0.1) is 22.7 Å². The van der Waals surface area contributed by atoms with Crippen LogP contribution >= 0.6 is 11.6 Å². The monoisotopic (exact) mass is 317 g/mol. The van der Waals surface area contributed by atoms with E-state index in [-0.39, 0.29) is 18.1 Å². The molecule has 0 aliphatic rings. The van der Waals surface area contributed by atoms with Crippen molar-refractivity contribution in [3.8, 4) is 5.75 Å². The Bertz CT molecular complexity index is 638. The number of hydrogen-bond acceptors (Lipinski definition) is 2. The van der Waals surface area contributed by atoms with Crippen LogP contribution in [0.1, 0.15) is 42.7 Å². The summed E-state index contributed by atoms with van der Waals surface area (Å²) in [4.78, 5) is 12.2. The highest BCUT2D eigenvalue weighted by Crippen LogP contribution is 2.20. The first kappa shape index (κ1) is 16.4. The lowest BCUT2D eigenvalue weighted by Crippen LogP contribution is -2.26. The first-order valence-corrected chi connectivity index (χ1v) is 7.67. The topological polar surface area (TPSA) is 38.3 Å². The molecule has 3 nitrogen and oxygen atoms in total. The summed E-state index contributed by atoms with van der Waals surface area (Å²) in [5, 5.41) is 3.40. The lowest BCUT2D eigenvalue weighted by molar-refractivity contribution is 0.0940. The highest BCUT2D eigenvalue weighted by atomic mass is 35.5. The summed E-state index contributed by atoms with van der Waals surface area (Å²) in [7, 11) is 0. The Balaban J connectivity index is 2.04. The van der Waals surface area contributed by atoms with Crippen LogP contribution in [0, 0.1) is 0 Å². The van der Waals surface area contributed by atoms with Gasteiger partial charge in [0.15, 0.2) is 0 Å². The van der Waals surface area contributed by atoms with Crippen molar-refractivity contribution in [2.45, 2.75) is 32.9 Å². The van der Waals surface area contributed by atoms with Gasteiger partial charge < -0.3 is 10.1 Å². The molecule has 0 fully saturated rings. The SMILES string of the molecule is CC(C)Oc1ccc(C(C)NC(=O)c2ccccc2Cl)cc1. The minimum Gasteiger partial charge on any atom is -0.491 e. The number of carbonyl (C=O) groups excluding carboxylic acids is 1. The Hall–Kier alpha value is -2.00. The Morgan fingerprint density at radius 1 is 1.05 bits per heavy atom. The van der Waals surface area contributed by atoms with E-state index in [4.69, 9.17) is 16.3 Å². The standard InChI is InChI=1S/C18H20ClNO2/c1-12(2)22-15-10-8-14(9-11-15)13(3)20-18(21)16-6-4-5-7-17(16)19/h4-13H,1-3H3,(H,20,21). The van der Waals surface area contributed by atoms with Gasteiger partial charge >= 0.3 is 0 Å². The second kappa shape index (κ2) is 7.32. The maximum Gasteiger partial charge on any atom is 0.253 e. The van der Waals surface area contributed by atoms with Crippen LogP contribution in [0.2, 0.25) is 5.02 Å². The van der Waals surface area contributed by atoms with E-state index in [0.717, 1.165) is 11.3 Å². The Morgan fingerprint density at radius 2 is 1.68 bits per heavy atom. The second-order valence-electron chi connectivity index (χ2n) is 5.41. The maximum absolute atomic E-state index is 12.2. The lowest BCUT2D eigenvalue weighted by atomic mass is 10.1. The van der Waals surface area contributed by atoms with Gasteiger partial charge in [-0.3, -0.25) is 4.79 Å². The summed E-state index contributed by atoms with van der Waals surface area (Å²) in [6, 6.07) is 14.6. The molecule has 22 heavy (non-hydrogen) atoms. The first-order valence-electron chi connectivity index (χ1n) is 7.29. The van der Waals surface area contributed by atoms with Crippen LogP contribution in [0.25, 0.3) is 0 Å². The number of halogens is 1. The molecule has 0 aliphatic carbocycles. The summed E-state index contributed by atoms with van der Waals surface area (Å²) in [6.45, 7) is 5.91. The van der Waals surface area contributed by atoms with Crippen LogP contribution in [0.5, 0.6) is 5.75 Å². The van der Waals surface area contributed by atoms with Crippen LogP contribution in [0.3, 0.4) is 0 Å². The Labute approximate surface area is 136 Å². The fourth-order valence-electron chi connectivity index (χ4n) is 2.11.